The molecule has 3 heteroatoms. The smallest absolute Gasteiger partial charge is 0.330 e. The molecular weight excluding hydrogens is 267 g/mol. The summed E-state index contributed by atoms with van der Waals surface area (Å²) in [6.45, 7) is 3.93. The topological polar surface area (TPSA) is 37.3 Å². The highest BCUT2D eigenvalue weighted by atomic mass is 19.0. The molecule has 0 radical (unpaired) electrons. The summed E-state index contributed by atoms with van der Waals surface area (Å²) in [6.07, 6.45) is 18.9. The van der Waals surface area contributed by atoms with Gasteiger partial charge in [-0.2, -0.15) is 0 Å². The molecule has 0 saturated carbocycles. The standard InChI is InChI=1S/C18H34O2.FH/c1-3-4-5-6-7-8-9-10-11-12-13-14-15-16-17(2)18(19)20;/h16H,3-15H2,1-2H3,(H,19,20);1H. The van der Waals surface area contributed by atoms with Gasteiger partial charge < -0.3 is 5.11 Å². The third kappa shape index (κ3) is 17.1. The Hall–Kier alpha value is -0.860. The van der Waals surface area contributed by atoms with Crippen molar-refractivity contribution in [1.82, 2.24) is 0 Å². The summed E-state index contributed by atoms with van der Waals surface area (Å²) in [6, 6.07) is 0. The fourth-order valence-electron chi connectivity index (χ4n) is 2.39. The van der Waals surface area contributed by atoms with Crippen LogP contribution >= 0.6 is 0 Å². The zero-order valence-electron chi connectivity index (χ0n) is 14.0. The van der Waals surface area contributed by atoms with E-state index in [-0.39, 0.29) is 4.70 Å². The van der Waals surface area contributed by atoms with E-state index < -0.39 is 5.97 Å². The summed E-state index contributed by atoms with van der Waals surface area (Å²) < 4.78 is 0. The van der Waals surface area contributed by atoms with Gasteiger partial charge in [-0.25, -0.2) is 4.79 Å². The molecule has 0 saturated heterocycles. The van der Waals surface area contributed by atoms with E-state index in [9.17, 15) is 4.79 Å². The lowest BCUT2D eigenvalue weighted by Gasteiger charge is -2.02. The minimum Gasteiger partial charge on any atom is -0.478 e. The van der Waals surface area contributed by atoms with E-state index in [1.54, 1.807) is 6.92 Å². The Morgan fingerprint density at radius 1 is 0.810 bits per heavy atom. The van der Waals surface area contributed by atoms with Crippen molar-refractivity contribution in [2.24, 2.45) is 0 Å². The Balaban J connectivity index is 0. The van der Waals surface area contributed by atoms with E-state index in [4.69, 9.17) is 5.11 Å². The molecule has 0 aromatic carbocycles. The van der Waals surface area contributed by atoms with Gasteiger partial charge in [-0.15, -0.1) is 0 Å². The second-order valence-electron chi connectivity index (χ2n) is 5.87. The summed E-state index contributed by atoms with van der Waals surface area (Å²) in [5.41, 5.74) is 0.480. The number of carboxylic acid groups (broad SMARTS) is 1. The molecule has 126 valence electrons. The fraction of sp³-hybridized carbons (Fsp3) is 0.833. The van der Waals surface area contributed by atoms with Gasteiger partial charge in [0.15, 0.2) is 0 Å². The van der Waals surface area contributed by atoms with E-state index >= 15 is 0 Å². The quantitative estimate of drug-likeness (QED) is 0.303. The molecule has 0 fully saturated rings. The molecule has 0 aliphatic carbocycles. The van der Waals surface area contributed by atoms with Crippen LogP contribution in [0.3, 0.4) is 0 Å². The monoisotopic (exact) mass is 302 g/mol. The molecule has 0 unspecified atom stereocenters. The number of allylic oxidation sites excluding steroid dienone is 1. The first kappa shape index (κ1) is 22.4. The minimum absolute atomic E-state index is 0. The second kappa shape index (κ2) is 17.2. The van der Waals surface area contributed by atoms with Gasteiger partial charge in [0.25, 0.3) is 0 Å². The van der Waals surface area contributed by atoms with Crippen molar-refractivity contribution in [1.29, 1.82) is 0 Å². The van der Waals surface area contributed by atoms with Crippen LogP contribution < -0.4 is 0 Å². The van der Waals surface area contributed by atoms with Crippen molar-refractivity contribution < 1.29 is 14.6 Å². The Morgan fingerprint density at radius 3 is 1.57 bits per heavy atom. The summed E-state index contributed by atoms with van der Waals surface area (Å²) in [5.74, 6) is -0.788. The first-order chi connectivity index (χ1) is 9.68. The molecule has 1 N–H and O–H groups in total. The molecule has 0 spiro atoms. The Bertz CT molecular complexity index is 262. The Kier molecular flexibility index (Phi) is 18.4. The number of rotatable bonds is 14. The van der Waals surface area contributed by atoms with Gasteiger partial charge in [0.2, 0.25) is 0 Å². The fourth-order valence-corrected chi connectivity index (χ4v) is 2.39. The molecular formula is C18H35FO2. The molecule has 0 aliphatic rings. The largest absolute Gasteiger partial charge is 0.478 e. The molecule has 0 amide bonds. The van der Waals surface area contributed by atoms with Crippen LogP contribution in [0.4, 0.5) is 4.70 Å². The van der Waals surface area contributed by atoms with Gasteiger partial charge in [-0.3, -0.25) is 4.70 Å². The predicted molar refractivity (Wildman–Crippen MR) is 89.6 cm³/mol. The van der Waals surface area contributed by atoms with Gasteiger partial charge in [0.1, 0.15) is 0 Å². The average Bonchev–Trinajstić information content (AvgIpc) is 2.43. The molecule has 0 bridgehead atoms. The average molecular weight is 302 g/mol. The maximum absolute atomic E-state index is 10.6. The van der Waals surface area contributed by atoms with Crippen LogP contribution in [0.1, 0.15) is 97.3 Å². The van der Waals surface area contributed by atoms with Crippen molar-refractivity contribution in [3.8, 4) is 0 Å². The van der Waals surface area contributed by atoms with Gasteiger partial charge in [-0.1, -0.05) is 83.6 Å². The molecule has 0 aromatic rings. The van der Waals surface area contributed by atoms with Crippen LogP contribution in [0.2, 0.25) is 0 Å². The van der Waals surface area contributed by atoms with Crippen molar-refractivity contribution in [3.63, 3.8) is 0 Å². The molecule has 2 nitrogen and oxygen atoms in total. The van der Waals surface area contributed by atoms with E-state index in [1.165, 1.54) is 70.6 Å². The molecule has 0 aliphatic heterocycles. The number of carboxylic acids is 1. The van der Waals surface area contributed by atoms with Gasteiger partial charge in [0.05, 0.1) is 0 Å². The zero-order valence-corrected chi connectivity index (χ0v) is 14.0. The Labute approximate surface area is 130 Å². The van der Waals surface area contributed by atoms with Crippen LogP contribution in [-0.4, -0.2) is 11.1 Å². The van der Waals surface area contributed by atoms with Crippen LogP contribution in [0.25, 0.3) is 0 Å². The number of unbranched alkanes of at least 4 members (excludes halogenated alkanes) is 12. The lowest BCUT2D eigenvalue weighted by Crippen LogP contribution is -1.95. The number of hydrogen-bond acceptors (Lipinski definition) is 1. The first-order valence-corrected chi connectivity index (χ1v) is 8.58. The van der Waals surface area contributed by atoms with Crippen molar-refractivity contribution in [3.05, 3.63) is 11.6 Å². The van der Waals surface area contributed by atoms with E-state index in [1.807, 2.05) is 6.08 Å². The minimum atomic E-state index is -0.788. The highest BCUT2D eigenvalue weighted by Gasteiger charge is 1.98. The summed E-state index contributed by atoms with van der Waals surface area (Å²) in [7, 11) is 0. The van der Waals surface area contributed by atoms with Crippen LogP contribution in [0.15, 0.2) is 11.6 Å². The summed E-state index contributed by atoms with van der Waals surface area (Å²) in [4.78, 5) is 10.6. The van der Waals surface area contributed by atoms with Gasteiger partial charge in [-0.05, 0) is 19.8 Å². The zero-order chi connectivity index (χ0) is 15.1. The number of aliphatic carboxylic acids is 1. The van der Waals surface area contributed by atoms with Crippen LogP contribution in [-0.2, 0) is 4.79 Å². The third-order valence-electron chi connectivity index (χ3n) is 3.85. The molecule has 0 heterocycles. The van der Waals surface area contributed by atoms with Gasteiger partial charge in [0, 0.05) is 5.57 Å². The van der Waals surface area contributed by atoms with Crippen molar-refractivity contribution >= 4 is 5.97 Å². The molecule has 0 rings (SSSR count). The second-order valence-corrected chi connectivity index (χ2v) is 5.87. The lowest BCUT2D eigenvalue weighted by molar-refractivity contribution is -0.132. The molecule has 0 atom stereocenters. The lowest BCUT2D eigenvalue weighted by atomic mass is 10.0. The summed E-state index contributed by atoms with van der Waals surface area (Å²) in [5, 5.41) is 8.70. The predicted octanol–water partition coefficient (Wildman–Crippen LogP) is 6.26. The van der Waals surface area contributed by atoms with Crippen LogP contribution in [0, 0.1) is 0 Å². The first-order valence-electron chi connectivity index (χ1n) is 8.58. The van der Waals surface area contributed by atoms with E-state index in [2.05, 4.69) is 6.92 Å². The van der Waals surface area contributed by atoms with E-state index in [0.717, 1.165) is 12.8 Å². The van der Waals surface area contributed by atoms with Crippen LogP contribution in [0.5, 0.6) is 0 Å². The van der Waals surface area contributed by atoms with Gasteiger partial charge >= 0.3 is 5.97 Å². The van der Waals surface area contributed by atoms with Crippen molar-refractivity contribution in [2.75, 3.05) is 0 Å². The highest BCUT2D eigenvalue weighted by molar-refractivity contribution is 5.85. The molecule has 0 aromatic heterocycles. The van der Waals surface area contributed by atoms with E-state index in [0.29, 0.717) is 5.57 Å². The Morgan fingerprint density at radius 2 is 1.19 bits per heavy atom. The highest BCUT2D eigenvalue weighted by Crippen LogP contribution is 2.12. The third-order valence-corrected chi connectivity index (χ3v) is 3.85. The maximum atomic E-state index is 10.6. The SMILES string of the molecule is CCCCCCCCCCCCCCC=C(C)C(=O)O.F. The maximum Gasteiger partial charge on any atom is 0.330 e. The normalized spacial score (nSPS) is 11.2. The number of carbonyl (C=O) groups is 1. The number of halogens is 1. The van der Waals surface area contributed by atoms with Crippen molar-refractivity contribution in [2.45, 2.75) is 97.3 Å². The number of hydrogen-bond donors (Lipinski definition) is 1. The molecule has 21 heavy (non-hydrogen) atoms. The summed E-state index contributed by atoms with van der Waals surface area (Å²) >= 11 is 0.